The Balaban J connectivity index is 2.95. The van der Waals surface area contributed by atoms with Gasteiger partial charge in [-0.1, -0.05) is 6.92 Å². The van der Waals surface area contributed by atoms with E-state index in [2.05, 4.69) is 10.0 Å². The summed E-state index contributed by atoms with van der Waals surface area (Å²) in [6, 6.07) is 3.78. The van der Waals surface area contributed by atoms with E-state index in [0.717, 1.165) is 13.0 Å². The molecule has 0 saturated heterocycles. The van der Waals surface area contributed by atoms with Gasteiger partial charge in [0.05, 0.1) is 4.90 Å². The molecule has 0 aromatic heterocycles. The average molecular weight is 260 g/mol. The van der Waals surface area contributed by atoms with Crippen LogP contribution in [0.2, 0.25) is 0 Å². The molecule has 0 spiro atoms. The SMILES string of the molecule is CCCNCc1cc(S(=O)(=O)NC)ccc1F. The molecule has 1 aromatic carbocycles. The van der Waals surface area contributed by atoms with Gasteiger partial charge in [-0.05, 0) is 38.2 Å². The molecule has 0 fully saturated rings. The van der Waals surface area contributed by atoms with Crippen LogP contribution >= 0.6 is 0 Å². The van der Waals surface area contributed by atoms with Crippen LogP contribution < -0.4 is 10.0 Å². The minimum atomic E-state index is -3.51. The molecule has 0 bridgehead atoms. The smallest absolute Gasteiger partial charge is 0.240 e. The highest BCUT2D eigenvalue weighted by atomic mass is 32.2. The second-order valence-electron chi connectivity index (χ2n) is 3.64. The first-order valence-corrected chi connectivity index (χ1v) is 6.92. The molecule has 0 unspecified atom stereocenters. The first-order chi connectivity index (χ1) is 8.01. The molecular weight excluding hydrogens is 243 g/mol. The maximum Gasteiger partial charge on any atom is 0.240 e. The van der Waals surface area contributed by atoms with Crippen molar-refractivity contribution in [1.82, 2.24) is 10.0 Å². The second kappa shape index (κ2) is 6.09. The predicted molar refractivity (Wildman–Crippen MR) is 64.6 cm³/mol. The van der Waals surface area contributed by atoms with Crippen molar-refractivity contribution in [2.75, 3.05) is 13.6 Å². The molecule has 0 amide bonds. The van der Waals surface area contributed by atoms with E-state index in [4.69, 9.17) is 0 Å². The highest BCUT2D eigenvalue weighted by Gasteiger charge is 2.13. The van der Waals surface area contributed by atoms with Gasteiger partial charge in [-0.3, -0.25) is 0 Å². The summed E-state index contributed by atoms with van der Waals surface area (Å²) in [7, 11) is -2.19. The molecule has 6 heteroatoms. The predicted octanol–water partition coefficient (Wildman–Crippen LogP) is 1.23. The summed E-state index contributed by atoms with van der Waals surface area (Å²) in [5.41, 5.74) is 0.356. The Labute approximate surface area is 101 Å². The Morgan fingerprint density at radius 3 is 2.65 bits per heavy atom. The number of hydrogen-bond donors (Lipinski definition) is 2. The molecule has 4 nitrogen and oxygen atoms in total. The van der Waals surface area contributed by atoms with Gasteiger partial charge in [0.1, 0.15) is 5.82 Å². The van der Waals surface area contributed by atoms with Crippen molar-refractivity contribution >= 4 is 10.0 Å². The lowest BCUT2D eigenvalue weighted by atomic mass is 10.2. The van der Waals surface area contributed by atoms with E-state index in [1.165, 1.54) is 25.2 Å². The van der Waals surface area contributed by atoms with Gasteiger partial charge < -0.3 is 5.32 Å². The van der Waals surface area contributed by atoms with E-state index in [1.807, 2.05) is 6.92 Å². The summed E-state index contributed by atoms with van der Waals surface area (Å²) < 4.78 is 38.7. The average Bonchev–Trinajstić information content (AvgIpc) is 2.31. The minimum Gasteiger partial charge on any atom is -0.313 e. The fraction of sp³-hybridized carbons (Fsp3) is 0.455. The second-order valence-corrected chi connectivity index (χ2v) is 5.52. The fourth-order valence-corrected chi connectivity index (χ4v) is 2.15. The van der Waals surface area contributed by atoms with Crippen LogP contribution in [0.5, 0.6) is 0 Å². The van der Waals surface area contributed by atoms with E-state index >= 15 is 0 Å². The van der Waals surface area contributed by atoms with Gasteiger partial charge in [0.2, 0.25) is 10.0 Å². The third kappa shape index (κ3) is 3.76. The lowest BCUT2D eigenvalue weighted by Gasteiger charge is -2.08. The zero-order chi connectivity index (χ0) is 12.9. The molecule has 0 atom stereocenters. The van der Waals surface area contributed by atoms with Gasteiger partial charge in [0, 0.05) is 12.1 Å². The Kier molecular flexibility index (Phi) is 5.04. The molecule has 0 radical (unpaired) electrons. The van der Waals surface area contributed by atoms with Crippen LogP contribution in [-0.4, -0.2) is 22.0 Å². The number of rotatable bonds is 6. The summed E-state index contributed by atoms with van der Waals surface area (Å²) in [6.07, 6.45) is 0.941. The summed E-state index contributed by atoms with van der Waals surface area (Å²) >= 11 is 0. The Bertz CT molecular complexity index is 474. The number of sulfonamides is 1. The first-order valence-electron chi connectivity index (χ1n) is 5.44. The van der Waals surface area contributed by atoms with Crippen LogP contribution in [0, 0.1) is 5.82 Å². The van der Waals surface area contributed by atoms with Crippen molar-refractivity contribution in [3.8, 4) is 0 Å². The largest absolute Gasteiger partial charge is 0.313 e. The topological polar surface area (TPSA) is 58.2 Å². The van der Waals surface area contributed by atoms with Crippen molar-refractivity contribution in [2.24, 2.45) is 0 Å². The van der Waals surface area contributed by atoms with Crippen LogP contribution in [0.4, 0.5) is 4.39 Å². The Morgan fingerprint density at radius 2 is 2.06 bits per heavy atom. The zero-order valence-corrected chi connectivity index (χ0v) is 10.8. The normalized spacial score (nSPS) is 11.7. The number of nitrogens with one attached hydrogen (secondary N) is 2. The third-order valence-electron chi connectivity index (χ3n) is 2.34. The monoisotopic (exact) mass is 260 g/mol. The summed E-state index contributed by atoms with van der Waals surface area (Å²) in [4.78, 5) is 0.0784. The van der Waals surface area contributed by atoms with E-state index in [9.17, 15) is 12.8 Å². The molecule has 0 aliphatic heterocycles. The maximum absolute atomic E-state index is 13.4. The molecule has 0 aliphatic carbocycles. The number of hydrogen-bond acceptors (Lipinski definition) is 3. The molecule has 1 aromatic rings. The summed E-state index contributed by atoms with van der Waals surface area (Å²) in [5, 5.41) is 3.03. The van der Waals surface area contributed by atoms with E-state index in [-0.39, 0.29) is 4.90 Å². The first kappa shape index (κ1) is 14.1. The molecular formula is C11H17FN2O2S. The fourth-order valence-electron chi connectivity index (χ4n) is 1.37. The van der Waals surface area contributed by atoms with Gasteiger partial charge in [-0.2, -0.15) is 0 Å². The van der Waals surface area contributed by atoms with Gasteiger partial charge in [0.15, 0.2) is 0 Å². The highest BCUT2D eigenvalue weighted by Crippen LogP contribution is 2.14. The summed E-state index contributed by atoms with van der Waals surface area (Å²) in [6.45, 7) is 3.10. The van der Waals surface area contributed by atoms with Gasteiger partial charge in [0.25, 0.3) is 0 Å². The lowest BCUT2D eigenvalue weighted by molar-refractivity contribution is 0.577. The third-order valence-corrected chi connectivity index (χ3v) is 3.75. The minimum absolute atomic E-state index is 0.0784. The Morgan fingerprint density at radius 1 is 1.35 bits per heavy atom. The van der Waals surface area contributed by atoms with Crippen molar-refractivity contribution in [2.45, 2.75) is 24.8 Å². The molecule has 1 rings (SSSR count). The molecule has 96 valence electrons. The van der Waals surface area contributed by atoms with Crippen LogP contribution in [-0.2, 0) is 16.6 Å². The number of halogens is 1. The zero-order valence-electron chi connectivity index (χ0n) is 9.96. The van der Waals surface area contributed by atoms with Crippen molar-refractivity contribution in [3.05, 3.63) is 29.6 Å². The molecule has 0 saturated carbocycles. The van der Waals surface area contributed by atoms with Gasteiger partial charge >= 0.3 is 0 Å². The van der Waals surface area contributed by atoms with Crippen LogP contribution in [0.15, 0.2) is 23.1 Å². The van der Waals surface area contributed by atoms with Crippen molar-refractivity contribution < 1.29 is 12.8 Å². The number of benzene rings is 1. The maximum atomic E-state index is 13.4. The Hall–Kier alpha value is -0.980. The molecule has 0 aliphatic rings. The quantitative estimate of drug-likeness (QED) is 0.756. The van der Waals surface area contributed by atoms with Crippen LogP contribution in [0.1, 0.15) is 18.9 Å². The van der Waals surface area contributed by atoms with Crippen molar-refractivity contribution in [3.63, 3.8) is 0 Å². The standard InChI is InChI=1S/C11H17FN2O2S/c1-3-6-14-8-9-7-10(4-5-11(9)12)17(15,16)13-2/h4-5,7,13-14H,3,6,8H2,1-2H3. The van der Waals surface area contributed by atoms with Gasteiger partial charge in [-0.25, -0.2) is 17.5 Å². The van der Waals surface area contributed by atoms with E-state index in [0.29, 0.717) is 12.1 Å². The van der Waals surface area contributed by atoms with Gasteiger partial charge in [-0.15, -0.1) is 0 Å². The molecule has 2 N–H and O–H groups in total. The van der Waals surface area contributed by atoms with Crippen molar-refractivity contribution in [1.29, 1.82) is 0 Å². The lowest BCUT2D eigenvalue weighted by Crippen LogP contribution is -2.20. The summed E-state index contributed by atoms with van der Waals surface area (Å²) in [5.74, 6) is -0.399. The van der Waals surface area contributed by atoms with Crippen LogP contribution in [0.3, 0.4) is 0 Å². The van der Waals surface area contributed by atoms with E-state index in [1.54, 1.807) is 0 Å². The molecule has 17 heavy (non-hydrogen) atoms. The van der Waals surface area contributed by atoms with E-state index < -0.39 is 15.8 Å². The highest BCUT2D eigenvalue weighted by molar-refractivity contribution is 7.89. The molecule has 0 heterocycles. The van der Waals surface area contributed by atoms with Crippen LogP contribution in [0.25, 0.3) is 0 Å².